The highest BCUT2D eigenvalue weighted by atomic mass is 16.4. The maximum absolute atomic E-state index is 13.4. The minimum atomic E-state index is -0.579. The summed E-state index contributed by atoms with van der Waals surface area (Å²) in [6, 6.07) is 15.8. The van der Waals surface area contributed by atoms with Gasteiger partial charge < -0.3 is 14.8 Å². The first-order chi connectivity index (χ1) is 19.2. The van der Waals surface area contributed by atoms with Gasteiger partial charge in [-0.2, -0.15) is 0 Å². The van der Waals surface area contributed by atoms with Crippen LogP contribution in [0.15, 0.2) is 63.8 Å². The number of phenols is 1. The highest BCUT2D eigenvalue weighted by Crippen LogP contribution is 2.41. The van der Waals surface area contributed by atoms with E-state index in [4.69, 9.17) is 4.42 Å². The lowest BCUT2D eigenvalue weighted by atomic mass is 9.78. The fraction of sp³-hybridized carbons (Fsp3) is 0.333. The lowest BCUT2D eigenvalue weighted by Crippen LogP contribution is -2.18. The Hall–Kier alpha value is -4.12. The topological polar surface area (TPSA) is 79.5 Å². The van der Waals surface area contributed by atoms with Crippen molar-refractivity contribution in [2.24, 2.45) is 0 Å². The molecule has 0 aliphatic heterocycles. The Labute approximate surface area is 241 Å². The second-order valence-electron chi connectivity index (χ2n) is 13.2. The number of carbonyl (C=O) groups is 1. The summed E-state index contributed by atoms with van der Waals surface area (Å²) in [7, 11) is 0. The normalized spacial score (nSPS) is 13.6. The van der Waals surface area contributed by atoms with Gasteiger partial charge in [-0.3, -0.25) is 4.79 Å². The number of aryl methyl sites for hydroxylation is 3. The van der Waals surface area contributed by atoms with Crippen molar-refractivity contribution < 1.29 is 14.3 Å². The van der Waals surface area contributed by atoms with Crippen LogP contribution >= 0.6 is 0 Å². The van der Waals surface area contributed by atoms with Crippen molar-refractivity contribution in [1.82, 2.24) is 0 Å². The maximum atomic E-state index is 13.4. The molecule has 0 unspecified atom stereocenters. The van der Waals surface area contributed by atoms with Crippen LogP contribution in [0.5, 0.6) is 5.75 Å². The number of rotatable bonds is 4. The van der Waals surface area contributed by atoms with E-state index in [2.05, 4.69) is 52.9 Å². The molecule has 5 rings (SSSR count). The Bertz CT molecular complexity index is 1720. The molecule has 0 spiro atoms. The van der Waals surface area contributed by atoms with Crippen molar-refractivity contribution in [3.05, 3.63) is 98.4 Å². The summed E-state index contributed by atoms with van der Waals surface area (Å²) in [4.78, 5) is 26.7. The minimum absolute atomic E-state index is 0.135. The van der Waals surface area contributed by atoms with Gasteiger partial charge in [0.1, 0.15) is 17.0 Å². The highest BCUT2D eigenvalue weighted by molar-refractivity contribution is 6.08. The molecule has 0 bridgehead atoms. The molecule has 1 aromatic heterocycles. The van der Waals surface area contributed by atoms with Gasteiger partial charge in [0.05, 0.1) is 0 Å². The first-order valence-corrected chi connectivity index (χ1v) is 14.3. The van der Waals surface area contributed by atoms with E-state index in [1.807, 2.05) is 49.4 Å². The Morgan fingerprint density at radius 1 is 0.927 bits per heavy atom. The molecular weight excluding hydrogens is 510 g/mol. The second kappa shape index (κ2) is 10.4. The van der Waals surface area contributed by atoms with E-state index in [1.54, 1.807) is 6.08 Å². The van der Waals surface area contributed by atoms with Crippen LogP contribution in [0, 0.1) is 6.92 Å². The van der Waals surface area contributed by atoms with Crippen molar-refractivity contribution >= 4 is 28.6 Å². The molecule has 1 heterocycles. The molecule has 212 valence electrons. The van der Waals surface area contributed by atoms with Gasteiger partial charge in [-0.15, -0.1) is 0 Å². The molecule has 2 N–H and O–H groups in total. The summed E-state index contributed by atoms with van der Waals surface area (Å²) >= 11 is 0. The molecule has 4 aromatic rings. The Balaban J connectivity index is 1.59. The smallest absolute Gasteiger partial charge is 0.360 e. The van der Waals surface area contributed by atoms with E-state index in [-0.39, 0.29) is 22.3 Å². The number of carbonyl (C=O) groups excluding carboxylic acids is 1. The lowest BCUT2D eigenvalue weighted by Gasteiger charge is -2.27. The molecule has 5 heteroatoms. The van der Waals surface area contributed by atoms with E-state index in [9.17, 15) is 14.7 Å². The molecule has 0 fully saturated rings. The average Bonchev–Trinajstić information content (AvgIpc) is 3.34. The van der Waals surface area contributed by atoms with E-state index >= 15 is 0 Å². The van der Waals surface area contributed by atoms with Crippen LogP contribution in [0.3, 0.4) is 0 Å². The summed E-state index contributed by atoms with van der Waals surface area (Å²) in [6.45, 7) is 14.3. The van der Waals surface area contributed by atoms with Crippen LogP contribution in [0.1, 0.15) is 81.3 Å². The predicted molar refractivity (Wildman–Crippen MR) is 168 cm³/mol. The van der Waals surface area contributed by atoms with E-state index in [0.29, 0.717) is 11.1 Å². The zero-order valence-corrected chi connectivity index (χ0v) is 25.1. The SMILES string of the molecule is Cc1ccccc1-c1c(NC(=O)C=Cc2cc(C(C)(C)C)c(O)c(C(C)(C)C)c2)c(=O)oc2cc3c(cc12)CCC3. The van der Waals surface area contributed by atoms with Gasteiger partial charge in [-0.25, -0.2) is 4.79 Å². The number of amides is 1. The Morgan fingerprint density at radius 2 is 1.54 bits per heavy atom. The van der Waals surface area contributed by atoms with E-state index in [0.717, 1.165) is 52.5 Å². The number of hydrogen-bond donors (Lipinski definition) is 2. The maximum Gasteiger partial charge on any atom is 0.360 e. The molecule has 0 radical (unpaired) electrons. The molecule has 3 aromatic carbocycles. The number of aromatic hydroxyl groups is 1. The molecule has 1 amide bonds. The first kappa shape index (κ1) is 28.4. The van der Waals surface area contributed by atoms with Gasteiger partial charge in [0.15, 0.2) is 0 Å². The molecule has 1 aliphatic carbocycles. The van der Waals surface area contributed by atoms with Crippen molar-refractivity contribution in [3.8, 4) is 16.9 Å². The van der Waals surface area contributed by atoms with E-state index in [1.165, 1.54) is 17.2 Å². The third-order valence-corrected chi connectivity index (χ3v) is 7.96. The average molecular weight is 550 g/mol. The summed E-state index contributed by atoms with van der Waals surface area (Å²) in [5, 5.41) is 14.7. The number of benzene rings is 3. The van der Waals surface area contributed by atoms with Gasteiger partial charge in [0.2, 0.25) is 5.91 Å². The van der Waals surface area contributed by atoms with Crippen molar-refractivity contribution in [2.75, 3.05) is 5.32 Å². The third kappa shape index (κ3) is 5.58. The quantitative estimate of drug-likeness (QED) is 0.199. The molecular formula is C36H39NO4. The van der Waals surface area contributed by atoms with Crippen molar-refractivity contribution in [1.29, 1.82) is 0 Å². The molecule has 41 heavy (non-hydrogen) atoms. The zero-order valence-electron chi connectivity index (χ0n) is 25.1. The predicted octanol–water partition coefficient (Wildman–Crippen LogP) is 8.21. The Kier molecular flexibility index (Phi) is 7.19. The lowest BCUT2D eigenvalue weighted by molar-refractivity contribution is -0.111. The van der Waals surface area contributed by atoms with Crippen LogP contribution < -0.4 is 10.9 Å². The molecule has 0 atom stereocenters. The third-order valence-electron chi connectivity index (χ3n) is 7.96. The van der Waals surface area contributed by atoms with Crippen molar-refractivity contribution in [2.45, 2.75) is 78.6 Å². The zero-order chi connectivity index (χ0) is 29.7. The van der Waals surface area contributed by atoms with Crippen molar-refractivity contribution in [3.63, 3.8) is 0 Å². The van der Waals surface area contributed by atoms with Gasteiger partial charge >= 0.3 is 5.63 Å². The van der Waals surface area contributed by atoms with Crippen LogP contribution in [-0.2, 0) is 28.5 Å². The fourth-order valence-corrected chi connectivity index (χ4v) is 5.75. The number of phenolic OH excluding ortho intramolecular Hbond substituents is 1. The highest BCUT2D eigenvalue weighted by Gasteiger charge is 2.26. The summed E-state index contributed by atoms with van der Waals surface area (Å²) in [5.41, 5.74) is 6.98. The Morgan fingerprint density at radius 3 is 2.15 bits per heavy atom. The molecule has 0 saturated carbocycles. The summed E-state index contributed by atoms with van der Waals surface area (Å²) < 4.78 is 5.78. The summed E-state index contributed by atoms with van der Waals surface area (Å²) in [6.07, 6.45) is 6.20. The number of anilines is 1. The number of hydrogen-bond acceptors (Lipinski definition) is 4. The molecule has 0 saturated heterocycles. The van der Waals surface area contributed by atoms with Gasteiger partial charge in [-0.05, 0) is 95.2 Å². The van der Waals surface area contributed by atoms with Gasteiger partial charge in [0.25, 0.3) is 0 Å². The van der Waals surface area contributed by atoms with Crippen LogP contribution in [0.25, 0.3) is 28.2 Å². The first-order valence-electron chi connectivity index (χ1n) is 14.3. The monoisotopic (exact) mass is 549 g/mol. The van der Waals surface area contributed by atoms with Gasteiger partial charge in [-0.1, -0.05) is 65.8 Å². The number of fused-ring (bicyclic) bond motifs is 2. The summed E-state index contributed by atoms with van der Waals surface area (Å²) in [5.74, 6) is -0.148. The van der Waals surface area contributed by atoms with Crippen LogP contribution in [0.2, 0.25) is 0 Å². The van der Waals surface area contributed by atoms with Gasteiger partial charge in [0, 0.05) is 28.2 Å². The number of nitrogens with one attached hydrogen (secondary N) is 1. The minimum Gasteiger partial charge on any atom is -0.507 e. The fourth-order valence-electron chi connectivity index (χ4n) is 5.75. The largest absolute Gasteiger partial charge is 0.507 e. The standard InChI is InChI=1S/C36H39NO4/c1-21-11-8-9-14-25(21)31-26-19-23-12-10-13-24(23)20-29(26)41-34(40)32(31)37-30(38)16-15-22-17-27(35(2,3)4)33(39)28(18-22)36(5,6)7/h8-9,11,14-20,39H,10,12-13H2,1-7H3,(H,37,38). The van der Waals surface area contributed by atoms with Crippen LogP contribution in [-0.4, -0.2) is 11.0 Å². The van der Waals surface area contributed by atoms with E-state index < -0.39 is 11.5 Å². The molecule has 5 nitrogen and oxygen atoms in total. The second-order valence-corrected chi connectivity index (χ2v) is 13.2. The molecule has 1 aliphatic rings. The van der Waals surface area contributed by atoms with Crippen LogP contribution in [0.4, 0.5) is 5.69 Å².